The molecule has 1 aliphatic carbocycles. The molecule has 0 fully saturated rings. The summed E-state index contributed by atoms with van der Waals surface area (Å²) in [6.45, 7) is 1.97. The van der Waals surface area contributed by atoms with Crippen molar-refractivity contribution < 1.29 is 4.79 Å². The van der Waals surface area contributed by atoms with Gasteiger partial charge < -0.3 is 9.80 Å². The summed E-state index contributed by atoms with van der Waals surface area (Å²) in [4.78, 5) is 26.4. The monoisotopic (exact) mass is 368 g/mol. The van der Waals surface area contributed by atoms with E-state index in [2.05, 4.69) is 23.2 Å². The predicted molar refractivity (Wildman–Crippen MR) is 111 cm³/mol. The first-order chi connectivity index (χ1) is 12.5. The van der Waals surface area contributed by atoms with Crippen LogP contribution in [0.2, 0.25) is 0 Å². The lowest BCUT2D eigenvalue weighted by Crippen LogP contribution is -2.15. The summed E-state index contributed by atoms with van der Waals surface area (Å²) >= 11 is 1.40. The van der Waals surface area contributed by atoms with Gasteiger partial charge >= 0.3 is 0 Å². The van der Waals surface area contributed by atoms with Crippen LogP contribution in [0.3, 0.4) is 0 Å². The molecule has 2 heterocycles. The lowest BCUT2D eigenvalue weighted by Gasteiger charge is -2.17. The predicted octanol–water partition coefficient (Wildman–Crippen LogP) is 4.70. The second-order valence-corrected chi connectivity index (χ2v) is 7.62. The summed E-state index contributed by atoms with van der Waals surface area (Å²) < 4.78 is 0. The van der Waals surface area contributed by atoms with E-state index in [0.29, 0.717) is 10.6 Å². The van der Waals surface area contributed by atoms with Crippen molar-refractivity contribution in [2.24, 2.45) is 4.99 Å². The number of carbonyl (C=O) groups is 1. The van der Waals surface area contributed by atoms with Crippen LogP contribution in [0.15, 0.2) is 35.0 Å². The molecular weight excluding hydrogens is 344 g/mol. The number of hydrogen-bond acceptors (Lipinski definition) is 5. The Labute approximate surface area is 158 Å². The highest BCUT2D eigenvalue weighted by atomic mass is 32.1. The Morgan fingerprint density at radius 1 is 1.23 bits per heavy atom. The fourth-order valence-electron chi connectivity index (χ4n) is 3.02. The van der Waals surface area contributed by atoms with E-state index in [9.17, 15) is 4.79 Å². The van der Waals surface area contributed by atoms with Crippen molar-refractivity contribution in [3.63, 3.8) is 0 Å². The average Bonchev–Trinajstić information content (AvgIpc) is 2.78. The van der Waals surface area contributed by atoms with Gasteiger partial charge in [0.1, 0.15) is 4.83 Å². The molecule has 0 N–H and O–H groups in total. The number of fused-ring (bicyclic) bond motifs is 1. The van der Waals surface area contributed by atoms with Crippen molar-refractivity contribution in [1.29, 1.82) is 0 Å². The van der Waals surface area contributed by atoms with Gasteiger partial charge in [-0.2, -0.15) is 0 Å². The Balaban J connectivity index is 2.04. The second kappa shape index (κ2) is 7.83. The third kappa shape index (κ3) is 3.70. The molecule has 0 bridgehead atoms. The molecule has 136 valence electrons. The summed E-state index contributed by atoms with van der Waals surface area (Å²) in [7, 11) is 5.99. The Morgan fingerprint density at radius 3 is 2.77 bits per heavy atom. The van der Waals surface area contributed by atoms with Crippen molar-refractivity contribution in [3.05, 3.63) is 40.6 Å². The summed E-state index contributed by atoms with van der Waals surface area (Å²) in [6.07, 6.45) is 12.3. The minimum Gasteiger partial charge on any atom is -0.377 e. The van der Waals surface area contributed by atoms with Gasteiger partial charge in [-0.05, 0) is 25.8 Å². The first kappa shape index (κ1) is 18.3. The van der Waals surface area contributed by atoms with Crippen LogP contribution in [0.5, 0.6) is 0 Å². The molecule has 0 aromatic carbocycles. The van der Waals surface area contributed by atoms with E-state index < -0.39 is 0 Å². The van der Waals surface area contributed by atoms with Crippen LogP contribution in [0.4, 0.5) is 11.4 Å². The number of rotatable bonds is 5. The molecule has 0 atom stereocenters. The molecule has 0 aliphatic heterocycles. The number of pyridine rings is 1. The standard InChI is InChI=1S/C20H24N4OS/c1-14-11-16(23(2)3)18-19(17(12-25)26-20(18)22-14)21-13-24(4)15-9-7-5-6-8-10-15/h5,7,10-13H,6,8-9H2,1-4H3. The number of hydrogen-bond donors (Lipinski definition) is 0. The SMILES string of the molecule is Cc1cc(N(C)C)c2c(N=CN(C)C3=CCCC=CC3)c(C=O)sc2n1. The molecule has 0 unspecified atom stereocenters. The van der Waals surface area contributed by atoms with Gasteiger partial charge in [-0.25, -0.2) is 9.98 Å². The van der Waals surface area contributed by atoms with Crippen LogP contribution < -0.4 is 4.90 Å². The molecule has 3 rings (SSSR count). The summed E-state index contributed by atoms with van der Waals surface area (Å²) in [5, 5.41) is 0.937. The van der Waals surface area contributed by atoms with Gasteiger partial charge in [-0.15, -0.1) is 11.3 Å². The minimum absolute atomic E-state index is 0.612. The summed E-state index contributed by atoms with van der Waals surface area (Å²) in [5.41, 5.74) is 3.88. The highest BCUT2D eigenvalue weighted by Gasteiger charge is 2.18. The van der Waals surface area contributed by atoms with Crippen LogP contribution in [-0.4, -0.2) is 43.7 Å². The fraction of sp³-hybridized carbons (Fsp3) is 0.350. The van der Waals surface area contributed by atoms with E-state index >= 15 is 0 Å². The maximum Gasteiger partial charge on any atom is 0.162 e. The highest BCUT2D eigenvalue weighted by molar-refractivity contribution is 7.21. The van der Waals surface area contributed by atoms with E-state index in [-0.39, 0.29) is 0 Å². The third-order valence-corrected chi connectivity index (χ3v) is 5.38. The van der Waals surface area contributed by atoms with Crippen LogP contribution in [0.1, 0.15) is 34.6 Å². The largest absolute Gasteiger partial charge is 0.377 e. The van der Waals surface area contributed by atoms with Gasteiger partial charge in [-0.1, -0.05) is 18.2 Å². The number of thiophene rings is 1. The van der Waals surface area contributed by atoms with Crippen molar-refractivity contribution in [2.75, 3.05) is 26.0 Å². The van der Waals surface area contributed by atoms with E-state index in [1.807, 2.05) is 43.9 Å². The molecule has 2 aromatic heterocycles. The molecule has 0 amide bonds. The van der Waals surface area contributed by atoms with Gasteiger partial charge in [-0.3, -0.25) is 4.79 Å². The highest BCUT2D eigenvalue weighted by Crippen LogP contribution is 2.41. The molecule has 5 nitrogen and oxygen atoms in total. The van der Waals surface area contributed by atoms with Crippen molar-refractivity contribution >= 4 is 45.6 Å². The number of aromatic nitrogens is 1. The topological polar surface area (TPSA) is 48.8 Å². The zero-order valence-electron chi connectivity index (χ0n) is 15.7. The van der Waals surface area contributed by atoms with Crippen molar-refractivity contribution in [2.45, 2.75) is 26.2 Å². The molecule has 1 aliphatic rings. The molecule has 0 saturated heterocycles. The second-order valence-electron chi connectivity index (χ2n) is 6.59. The van der Waals surface area contributed by atoms with E-state index in [1.54, 1.807) is 6.34 Å². The smallest absolute Gasteiger partial charge is 0.162 e. The Hall–Kier alpha value is -2.47. The molecule has 6 heteroatoms. The molecule has 0 spiro atoms. The van der Waals surface area contributed by atoms with Gasteiger partial charge in [0.25, 0.3) is 0 Å². The minimum atomic E-state index is 0.612. The Bertz CT molecular complexity index is 908. The number of allylic oxidation sites excluding steroid dienone is 3. The van der Waals surface area contributed by atoms with Crippen LogP contribution in [0.25, 0.3) is 10.2 Å². The molecule has 26 heavy (non-hydrogen) atoms. The molecule has 2 aromatic rings. The molecule has 0 radical (unpaired) electrons. The van der Waals surface area contributed by atoms with Gasteiger partial charge in [0, 0.05) is 39.0 Å². The zero-order chi connectivity index (χ0) is 18.7. The molecular formula is C20H24N4OS. The van der Waals surface area contributed by atoms with Crippen LogP contribution in [0, 0.1) is 6.92 Å². The van der Waals surface area contributed by atoms with E-state index in [1.165, 1.54) is 17.0 Å². The quantitative estimate of drug-likeness (QED) is 0.332. The number of anilines is 1. The number of carbonyl (C=O) groups excluding carboxylic acids is 1. The molecule has 0 saturated carbocycles. The number of nitrogens with zero attached hydrogens (tertiary/aromatic N) is 4. The maximum atomic E-state index is 11.6. The van der Waals surface area contributed by atoms with Crippen molar-refractivity contribution in [1.82, 2.24) is 9.88 Å². The summed E-state index contributed by atoms with van der Waals surface area (Å²) in [6, 6.07) is 2.03. The van der Waals surface area contributed by atoms with Gasteiger partial charge in [0.2, 0.25) is 0 Å². The summed E-state index contributed by atoms with van der Waals surface area (Å²) in [5.74, 6) is 0. The lowest BCUT2D eigenvalue weighted by molar-refractivity contribution is 0.112. The lowest BCUT2D eigenvalue weighted by atomic mass is 10.2. The maximum absolute atomic E-state index is 11.6. The first-order valence-electron chi connectivity index (χ1n) is 8.69. The van der Waals surface area contributed by atoms with Gasteiger partial charge in [0.05, 0.1) is 28.0 Å². The zero-order valence-corrected chi connectivity index (χ0v) is 16.5. The van der Waals surface area contributed by atoms with E-state index in [4.69, 9.17) is 4.99 Å². The Kier molecular flexibility index (Phi) is 5.52. The van der Waals surface area contributed by atoms with Crippen molar-refractivity contribution in [3.8, 4) is 0 Å². The fourth-order valence-corrected chi connectivity index (χ4v) is 4.02. The number of aldehydes is 1. The van der Waals surface area contributed by atoms with Crippen LogP contribution in [-0.2, 0) is 0 Å². The first-order valence-corrected chi connectivity index (χ1v) is 9.50. The van der Waals surface area contributed by atoms with Crippen LogP contribution >= 0.6 is 11.3 Å². The van der Waals surface area contributed by atoms with E-state index in [0.717, 1.165) is 47.1 Å². The average molecular weight is 369 g/mol. The Morgan fingerprint density at radius 2 is 2.04 bits per heavy atom. The van der Waals surface area contributed by atoms with Gasteiger partial charge in [0.15, 0.2) is 6.29 Å². The number of aryl methyl sites for hydroxylation is 1. The normalized spacial score (nSPS) is 14.5. The third-order valence-electron chi connectivity index (χ3n) is 4.38. The number of aliphatic imine (C=N–C) groups is 1.